The molecule has 7 nitrogen and oxygen atoms in total. The average Bonchev–Trinajstić information content (AvgIpc) is 2.91. The number of esters is 2. The van der Waals surface area contributed by atoms with Crippen LogP contribution in [-0.2, 0) is 28.7 Å². The summed E-state index contributed by atoms with van der Waals surface area (Å²) in [6.07, 6.45) is 5.69. The standard InChI is InChI=1S/C7H10O3.C6H9NO.C4H6O2/c1-3-4-10-7(9)5-6(2)8;1-2-7-5-3-4-6(7)8;1-3-6-4(2)5/h3H,1,4-5H2,2H3;2H,1,3-5H2;3H,1H2,2H3. The Morgan fingerprint density at radius 1 is 1.21 bits per heavy atom. The molecular weight excluding hydrogens is 314 g/mol. The summed E-state index contributed by atoms with van der Waals surface area (Å²) in [5.41, 5.74) is 0. The Hall–Kier alpha value is -2.70. The second-order valence-corrected chi connectivity index (χ2v) is 4.50. The zero-order chi connectivity index (χ0) is 19.0. The number of likely N-dealkylation sites (tertiary alicyclic amines) is 1. The second-order valence-electron chi connectivity index (χ2n) is 4.50. The van der Waals surface area contributed by atoms with Crippen LogP contribution >= 0.6 is 0 Å². The molecule has 0 aromatic heterocycles. The molecule has 7 heteroatoms. The first-order valence-electron chi connectivity index (χ1n) is 7.24. The fraction of sp³-hybridized carbons (Fsp3) is 0.412. The van der Waals surface area contributed by atoms with E-state index in [9.17, 15) is 19.2 Å². The molecule has 1 amide bonds. The first-order chi connectivity index (χ1) is 11.3. The number of Topliss-reactive ketones (excluding diaryl/α,β-unsaturated/α-hetero) is 1. The van der Waals surface area contributed by atoms with Gasteiger partial charge in [0.15, 0.2) is 0 Å². The highest BCUT2D eigenvalue weighted by atomic mass is 16.5. The zero-order valence-electron chi connectivity index (χ0n) is 14.3. The van der Waals surface area contributed by atoms with E-state index in [4.69, 9.17) is 0 Å². The molecule has 0 unspecified atom stereocenters. The van der Waals surface area contributed by atoms with Crippen LogP contribution in [0.4, 0.5) is 0 Å². The largest absolute Gasteiger partial charge is 0.461 e. The Labute approximate surface area is 142 Å². The Kier molecular flexibility index (Phi) is 14.9. The third-order valence-corrected chi connectivity index (χ3v) is 2.34. The molecule has 1 rings (SSSR count). The van der Waals surface area contributed by atoms with Crippen LogP contribution in [0.5, 0.6) is 0 Å². The lowest BCUT2D eigenvalue weighted by molar-refractivity contribution is -0.144. The minimum atomic E-state index is -0.493. The van der Waals surface area contributed by atoms with E-state index < -0.39 is 5.97 Å². The molecule has 134 valence electrons. The van der Waals surface area contributed by atoms with Gasteiger partial charge in [-0.2, -0.15) is 0 Å². The predicted molar refractivity (Wildman–Crippen MR) is 89.6 cm³/mol. The second kappa shape index (κ2) is 15.2. The van der Waals surface area contributed by atoms with Crippen LogP contribution in [-0.4, -0.2) is 41.7 Å². The van der Waals surface area contributed by atoms with Crippen LogP contribution in [0.1, 0.15) is 33.1 Å². The van der Waals surface area contributed by atoms with Crippen LogP contribution in [0.15, 0.2) is 38.3 Å². The van der Waals surface area contributed by atoms with Gasteiger partial charge in [-0.15, -0.1) is 0 Å². The smallest absolute Gasteiger partial charge is 0.313 e. The molecular formula is C17H25NO6. The number of ketones is 1. The highest BCUT2D eigenvalue weighted by Crippen LogP contribution is 2.08. The molecule has 1 heterocycles. The summed E-state index contributed by atoms with van der Waals surface area (Å²) in [5, 5.41) is 0. The van der Waals surface area contributed by atoms with E-state index in [0.29, 0.717) is 6.42 Å². The highest BCUT2D eigenvalue weighted by molar-refractivity contribution is 5.94. The van der Waals surface area contributed by atoms with Crippen LogP contribution in [0, 0.1) is 0 Å². The summed E-state index contributed by atoms with van der Waals surface area (Å²) in [7, 11) is 0. The van der Waals surface area contributed by atoms with Crippen molar-refractivity contribution >= 4 is 23.6 Å². The van der Waals surface area contributed by atoms with E-state index in [1.165, 1.54) is 19.9 Å². The van der Waals surface area contributed by atoms with Gasteiger partial charge in [-0.25, -0.2) is 0 Å². The maximum atomic E-state index is 10.7. The number of ether oxygens (including phenoxy) is 2. The van der Waals surface area contributed by atoms with E-state index in [1.807, 2.05) is 0 Å². The van der Waals surface area contributed by atoms with Crippen molar-refractivity contribution in [1.82, 2.24) is 4.90 Å². The van der Waals surface area contributed by atoms with Crippen molar-refractivity contribution in [2.75, 3.05) is 13.2 Å². The van der Waals surface area contributed by atoms with Gasteiger partial charge in [0.25, 0.3) is 0 Å². The number of hydrogen-bond acceptors (Lipinski definition) is 6. The summed E-state index contributed by atoms with van der Waals surface area (Å²) in [6, 6.07) is 0. The molecule has 0 N–H and O–H groups in total. The minimum Gasteiger partial charge on any atom is -0.461 e. The van der Waals surface area contributed by atoms with Crippen molar-refractivity contribution in [2.45, 2.75) is 33.1 Å². The number of amides is 1. The van der Waals surface area contributed by atoms with E-state index in [-0.39, 0.29) is 30.7 Å². The summed E-state index contributed by atoms with van der Waals surface area (Å²) in [5.74, 6) is -0.800. The maximum Gasteiger partial charge on any atom is 0.313 e. The lowest BCUT2D eigenvalue weighted by atomic mass is 10.3. The molecule has 0 aliphatic carbocycles. The fourth-order valence-electron chi connectivity index (χ4n) is 1.39. The lowest BCUT2D eigenvalue weighted by Crippen LogP contribution is -2.16. The zero-order valence-corrected chi connectivity index (χ0v) is 14.3. The summed E-state index contributed by atoms with van der Waals surface area (Å²) < 4.78 is 8.69. The van der Waals surface area contributed by atoms with Crippen LogP contribution in [0.25, 0.3) is 0 Å². The third-order valence-electron chi connectivity index (χ3n) is 2.34. The molecule has 0 aromatic carbocycles. The lowest BCUT2D eigenvalue weighted by Gasteiger charge is -2.05. The van der Waals surface area contributed by atoms with Crippen molar-refractivity contribution in [3.8, 4) is 0 Å². The van der Waals surface area contributed by atoms with Crippen LogP contribution in [0.3, 0.4) is 0 Å². The van der Waals surface area contributed by atoms with Gasteiger partial charge in [-0.05, 0) is 19.5 Å². The summed E-state index contributed by atoms with van der Waals surface area (Å²) in [6.45, 7) is 13.7. The van der Waals surface area contributed by atoms with Gasteiger partial charge in [0.1, 0.15) is 18.8 Å². The average molecular weight is 339 g/mol. The Morgan fingerprint density at radius 3 is 2.08 bits per heavy atom. The number of carbonyl (C=O) groups is 4. The Morgan fingerprint density at radius 2 is 1.83 bits per heavy atom. The van der Waals surface area contributed by atoms with Gasteiger partial charge in [-0.3, -0.25) is 19.2 Å². The van der Waals surface area contributed by atoms with Gasteiger partial charge in [0.05, 0.1) is 6.26 Å². The van der Waals surface area contributed by atoms with Crippen molar-refractivity contribution in [3.05, 3.63) is 38.3 Å². The number of hydrogen-bond donors (Lipinski definition) is 0. The molecule has 0 atom stereocenters. The minimum absolute atomic E-state index is 0.145. The van der Waals surface area contributed by atoms with Gasteiger partial charge in [0.2, 0.25) is 5.91 Å². The van der Waals surface area contributed by atoms with Crippen molar-refractivity contribution in [3.63, 3.8) is 0 Å². The van der Waals surface area contributed by atoms with E-state index in [2.05, 4.69) is 29.2 Å². The topological polar surface area (TPSA) is 90.0 Å². The van der Waals surface area contributed by atoms with E-state index in [0.717, 1.165) is 19.2 Å². The maximum absolute atomic E-state index is 10.7. The molecule has 24 heavy (non-hydrogen) atoms. The van der Waals surface area contributed by atoms with Crippen LogP contribution < -0.4 is 0 Å². The first-order valence-corrected chi connectivity index (χ1v) is 7.24. The molecule has 0 saturated carbocycles. The molecule has 1 fully saturated rings. The third kappa shape index (κ3) is 15.7. The number of rotatable bonds is 6. The summed E-state index contributed by atoms with van der Waals surface area (Å²) >= 11 is 0. The van der Waals surface area contributed by atoms with Crippen molar-refractivity contribution in [2.24, 2.45) is 0 Å². The van der Waals surface area contributed by atoms with E-state index in [1.54, 1.807) is 11.1 Å². The Bertz CT molecular complexity index is 470. The van der Waals surface area contributed by atoms with Gasteiger partial charge in [-0.1, -0.05) is 25.8 Å². The van der Waals surface area contributed by atoms with Gasteiger partial charge >= 0.3 is 11.9 Å². The summed E-state index contributed by atoms with van der Waals surface area (Å²) in [4.78, 5) is 42.9. The quantitative estimate of drug-likeness (QED) is 0.319. The monoisotopic (exact) mass is 339 g/mol. The highest BCUT2D eigenvalue weighted by Gasteiger charge is 2.16. The predicted octanol–water partition coefficient (Wildman–Crippen LogP) is 2.14. The fourth-order valence-corrected chi connectivity index (χ4v) is 1.39. The molecule has 1 aliphatic rings. The molecule has 0 radical (unpaired) electrons. The molecule has 1 aliphatic heterocycles. The number of nitrogens with zero attached hydrogens (tertiary/aromatic N) is 1. The molecule has 0 aromatic rings. The van der Waals surface area contributed by atoms with Gasteiger partial charge in [0, 0.05) is 19.9 Å². The van der Waals surface area contributed by atoms with Gasteiger partial charge < -0.3 is 14.4 Å². The number of carbonyl (C=O) groups excluding carboxylic acids is 4. The van der Waals surface area contributed by atoms with E-state index >= 15 is 0 Å². The van der Waals surface area contributed by atoms with Crippen molar-refractivity contribution in [1.29, 1.82) is 0 Å². The molecule has 0 bridgehead atoms. The normalized spacial score (nSPS) is 11.8. The molecule has 0 spiro atoms. The van der Waals surface area contributed by atoms with Crippen LogP contribution in [0.2, 0.25) is 0 Å². The SMILES string of the molecule is C=CCOC(=O)CC(C)=O.C=CN1CCCC1=O.C=COC(C)=O. The van der Waals surface area contributed by atoms with Crippen molar-refractivity contribution < 1.29 is 28.7 Å². The molecule has 1 saturated heterocycles. The first kappa shape index (κ1) is 23.6. The Balaban J connectivity index is 0.